The Morgan fingerprint density at radius 1 is 1.41 bits per heavy atom. The number of rotatable bonds is 6. The lowest BCUT2D eigenvalue weighted by Gasteiger charge is -2.25. The second-order valence-electron chi connectivity index (χ2n) is 5.54. The average Bonchev–Trinajstić information content (AvgIpc) is 2.49. The van der Waals surface area contributed by atoms with E-state index in [1.807, 2.05) is 26.0 Å². The van der Waals surface area contributed by atoms with Gasteiger partial charge in [0.15, 0.2) is 5.78 Å². The third kappa shape index (κ3) is 4.21. The highest BCUT2D eigenvalue weighted by Crippen LogP contribution is 2.30. The van der Waals surface area contributed by atoms with E-state index in [4.69, 9.17) is 4.74 Å². The number of Topliss-reactive ketones (excluding diaryl/α,β-unsaturated/α-hetero) is 1. The fourth-order valence-corrected chi connectivity index (χ4v) is 2.31. The van der Waals surface area contributed by atoms with Crippen molar-refractivity contribution in [2.24, 2.45) is 0 Å². The van der Waals surface area contributed by atoms with Gasteiger partial charge < -0.3 is 20.7 Å². The highest BCUT2D eigenvalue weighted by atomic mass is 16.5. The van der Waals surface area contributed by atoms with E-state index in [1.165, 1.54) is 6.92 Å². The molecule has 0 spiro atoms. The molecule has 0 radical (unpaired) electrons. The molecule has 2 unspecified atom stereocenters. The van der Waals surface area contributed by atoms with Crippen LogP contribution in [-0.2, 0) is 4.79 Å². The molecule has 0 bridgehead atoms. The molecule has 120 valence electrons. The number of benzene rings is 1. The Balaban J connectivity index is 1.93. The molecule has 1 heterocycles. The van der Waals surface area contributed by atoms with E-state index >= 15 is 0 Å². The van der Waals surface area contributed by atoms with Crippen LogP contribution in [-0.4, -0.2) is 43.5 Å². The predicted molar refractivity (Wildman–Crippen MR) is 85.5 cm³/mol. The summed E-state index contributed by atoms with van der Waals surface area (Å²) in [6.45, 7) is 7.07. The molecule has 3 N–H and O–H groups in total. The van der Waals surface area contributed by atoms with Crippen molar-refractivity contribution in [2.45, 2.75) is 32.9 Å². The van der Waals surface area contributed by atoms with Crippen LogP contribution in [0, 0.1) is 0 Å². The molecule has 0 saturated carbocycles. The van der Waals surface area contributed by atoms with Crippen LogP contribution in [0.15, 0.2) is 18.2 Å². The van der Waals surface area contributed by atoms with Gasteiger partial charge in [-0.25, -0.2) is 0 Å². The van der Waals surface area contributed by atoms with Crippen molar-refractivity contribution in [3.63, 3.8) is 0 Å². The van der Waals surface area contributed by atoms with Gasteiger partial charge in [-0.15, -0.1) is 0 Å². The molecular weight excluding hydrogens is 282 g/mol. The van der Waals surface area contributed by atoms with Gasteiger partial charge in [-0.1, -0.05) is 0 Å². The van der Waals surface area contributed by atoms with E-state index < -0.39 is 0 Å². The van der Waals surface area contributed by atoms with E-state index in [1.54, 1.807) is 6.07 Å². The Hall–Kier alpha value is -2.08. The molecule has 1 aromatic carbocycles. The van der Waals surface area contributed by atoms with Crippen molar-refractivity contribution in [2.75, 3.05) is 25.0 Å². The van der Waals surface area contributed by atoms with Gasteiger partial charge in [0, 0.05) is 25.6 Å². The van der Waals surface area contributed by atoms with Crippen molar-refractivity contribution < 1.29 is 14.3 Å². The second kappa shape index (κ2) is 7.26. The van der Waals surface area contributed by atoms with Crippen LogP contribution in [0.1, 0.15) is 31.1 Å². The molecule has 1 amide bonds. The van der Waals surface area contributed by atoms with Gasteiger partial charge in [0.05, 0.1) is 18.3 Å². The fourth-order valence-electron chi connectivity index (χ4n) is 2.31. The maximum atomic E-state index is 12.4. The summed E-state index contributed by atoms with van der Waals surface area (Å²) >= 11 is 0. The van der Waals surface area contributed by atoms with Gasteiger partial charge in [0.25, 0.3) is 0 Å². The highest BCUT2D eigenvalue weighted by Gasteiger charge is 2.19. The molecule has 1 aromatic rings. The molecule has 22 heavy (non-hydrogen) atoms. The lowest BCUT2D eigenvalue weighted by molar-refractivity contribution is -0.118. The molecule has 6 nitrogen and oxygen atoms in total. The zero-order valence-electron chi connectivity index (χ0n) is 13.2. The second-order valence-corrected chi connectivity index (χ2v) is 5.54. The molecule has 2 rings (SSSR count). The minimum atomic E-state index is -0.310. The maximum Gasteiger partial charge on any atom is 0.216 e. The molecule has 1 aliphatic heterocycles. The standard InChI is InChI=1S/C16H23N3O3/c1-10-9-19-14-8-13(4-5-15(14)22-10)16(21)11(2)17-6-7-18-12(3)20/h4-5,8,10-11,17,19H,6-7,9H2,1-3H3,(H,18,20). The smallest absolute Gasteiger partial charge is 0.216 e. The molecule has 2 atom stereocenters. The summed E-state index contributed by atoms with van der Waals surface area (Å²) in [5.41, 5.74) is 1.50. The first-order valence-corrected chi connectivity index (χ1v) is 7.54. The zero-order valence-corrected chi connectivity index (χ0v) is 13.2. The normalized spacial score (nSPS) is 17.7. The average molecular weight is 305 g/mol. The molecule has 1 aliphatic rings. The first-order valence-electron chi connectivity index (χ1n) is 7.54. The van der Waals surface area contributed by atoms with Crippen LogP contribution in [0.5, 0.6) is 5.75 Å². The highest BCUT2D eigenvalue weighted by molar-refractivity contribution is 6.01. The monoisotopic (exact) mass is 305 g/mol. The molecule has 0 aliphatic carbocycles. The van der Waals surface area contributed by atoms with Gasteiger partial charge in [-0.2, -0.15) is 0 Å². The molecule has 0 saturated heterocycles. The summed E-state index contributed by atoms with van der Waals surface area (Å²) in [6.07, 6.45) is 0.128. The number of anilines is 1. The lowest BCUT2D eigenvalue weighted by Crippen LogP contribution is -2.39. The van der Waals surface area contributed by atoms with Crippen molar-refractivity contribution in [3.8, 4) is 5.75 Å². The summed E-state index contributed by atoms with van der Waals surface area (Å²) < 4.78 is 5.70. The summed E-state index contributed by atoms with van der Waals surface area (Å²) in [7, 11) is 0. The predicted octanol–water partition coefficient (Wildman–Crippen LogP) is 1.18. The van der Waals surface area contributed by atoms with E-state index in [-0.39, 0.29) is 23.8 Å². The Bertz CT molecular complexity index is 560. The number of hydrogen-bond donors (Lipinski definition) is 3. The number of hydrogen-bond acceptors (Lipinski definition) is 5. The Morgan fingerprint density at radius 2 is 2.18 bits per heavy atom. The Labute approximate surface area is 130 Å². The molecule has 6 heteroatoms. The number of carbonyl (C=O) groups is 2. The van der Waals surface area contributed by atoms with Crippen LogP contribution in [0.4, 0.5) is 5.69 Å². The van der Waals surface area contributed by atoms with Crippen LogP contribution in [0.3, 0.4) is 0 Å². The fraction of sp³-hybridized carbons (Fsp3) is 0.500. The minimum absolute atomic E-state index is 0.0195. The first kappa shape index (κ1) is 16.3. The van der Waals surface area contributed by atoms with E-state index in [9.17, 15) is 9.59 Å². The number of amides is 1. The van der Waals surface area contributed by atoms with Gasteiger partial charge in [0.1, 0.15) is 11.9 Å². The van der Waals surface area contributed by atoms with Crippen LogP contribution in [0.2, 0.25) is 0 Å². The largest absolute Gasteiger partial charge is 0.487 e. The van der Waals surface area contributed by atoms with Crippen LogP contribution >= 0.6 is 0 Å². The molecular formula is C16H23N3O3. The summed E-state index contributed by atoms with van der Waals surface area (Å²) in [5, 5.41) is 9.06. The first-order chi connectivity index (χ1) is 10.5. The topological polar surface area (TPSA) is 79.5 Å². The van der Waals surface area contributed by atoms with Gasteiger partial charge in [-0.05, 0) is 32.0 Å². The van der Waals surface area contributed by atoms with Crippen molar-refractivity contribution in [1.82, 2.24) is 10.6 Å². The number of fused-ring (bicyclic) bond motifs is 1. The summed E-state index contributed by atoms with van der Waals surface area (Å²) in [4.78, 5) is 23.2. The minimum Gasteiger partial charge on any atom is -0.487 e. The van der Waals surface area contributed by atoms with Crippen LogP contribution in [0.25, 0.3) is 0 Å². The Morgan fingerprint density at radius 3 is 2.91 bits per heavy atom. The number of ketones is 1. The molecule has 0 fully saturated rings. The van der Waals surface area contributed by atoms with Crippen LogP contribution < -0.4 is 20.7 Å². The summed E-state index contributed by atoms with van der Waals surface area (Å²) in [6, 6.07) is 5.13. The van der Waals surface area contributed by atoms with Gasteiger partial charge in [-0.3, -0.25) is 9.59 Å². The van der Waals surface area contributed by atoms with Crippen molar-refractivity contribution in [3.05, 3.63) is 23.8 Å². The summed E-state index contributed by atoms with van der Waals surface area (Å²) in [5.74, 6) is 0.725. The lowest BCUT2D eigenvalue weighted by atomic mass is 10.0. The van der Waals surface area contributed by atoms with E-state index in [0.29, 0.717) is 18.7 Å². The SMILES string of the molecule is CC(=O)NCCNC(C)C(=O)c1ccc2c(c1)NCC(C)O2. The third-order valence-electron chi connectivity index (χ3n) is 3.51. The number of nitrogens with one attached hydrogen (secondary N) is 3. The van der Waals surface area contributed by atoms with E-state index in [0.717, 1.165) is 18.0 Å². The van der Waals surface area contributed by atoms with Crippen molar-refractivity contribution in [1.29, 1.82) is 0 Å². The van der Waals surface area contributed by atoms with Gasteiger partial charge in [0.2, 0.25) is 5.91 Å². The maximum absolute atomic E-state index is 12.4. The molecule has 0 aromatic heterocycles. The Kier molecular flexibility index (Phi) is 5.38. The quantitative estimate of drug-likeness (QED) is 0.543. The van der Waals surface area contributed by atoms with Gasteiger partial charge >= 0.3 is 0 Å². The number of ether oxygens (including phenoxy) is 1. The zero-order chi connectivity index (χ0) is 16.1. The number of carbonyl (C=O) groups excluding carboxylic acids is 2. The van der Waals surface area contributed by atoms with Crippen molar-refractivity contribution >= 4 is 17.4 Å². The van der Waals surface area contributed by atoms with E-state index in [2.05, 4.69) is 16.0 Å². The third-order valence-corrected chi connectivity index (χ3v) is 3.51.